The number of ether oxygens (including phenoxy) is 1. The molecular formula is C8H13NO2. The van der Waals surface area contributed by atoms with Crippen LogP contribution < -0.4 is 5.32 Å². The van der Waals surface area contributed by atoms with Gasteiger partial charge in [0.1, 0.15) is 6.04 Å². The van der Waals surface area contributed by atoms with Gasteiger partial charge in [-0.3, -0.25) is 4.79 Å². The van der Waals surface area contributed by atoms with Crippen LogP contribution in [0.4, 0.5) is 0 Å². The summed E-state index contributed by atoms with van der Waals surface area (Å²) in [5.41, 5.74) is 1.12. The fourth-order valence-corrected chi connectivity index (χ4v) is 1.20. The van der Waals surface area contributed by atoms with Crippen LogP contribution in [0.5, 0.6) is 0 Å². The van der Waals surface area contributed by atoms with Gasteiger partial charge in [-0.05, 0) is 19.4 Å². The molecule has 1 fully saturated rings. The first-order valence-corrected chi connectivity index (χ1v) is 3.72. The average Bonchev–Trinajstić information content (AvgIpc) is 2.03. The minimum absolute atomic E-state index is 0.166. The van der Waals surface area contributed by atoms with E-state index in [4.69, 9.17) is 0 Å². The van der Waals surface area contributed by atoms with Crippen molar-refractivity contribution in [3.05, 3.63) is 12.2 Å². The number of rotatable bonds is 1. The Morgan fingerprint density at radius 1 is 1.82 bits per heavy atom. The van der Waals surface area contributed by atoms with Gasteiger partial charge in [0, 0.05) is 0 Å². The first kappa shape index (κ1) is 8.27. The third-order valence-electron chi connectivity index (χ3n) is 1.85. The molecule has 1 heterocycles. The summed E-state index contributed by atoms with van der Waals surface area (Å²) in [7, 11) is 1.40. The Balaban J connectivity index is 2.45. The number of carbonyl (C=O) groups is 1. The molecule has 1 atom stereocenters. The normalized spacial score (nSPS) is 24.8. The molecule has 1 aliphatic rings. The van der Waals surface area contributed by atoms with E-state index in [0.29, 0.717) is 6.42 Å². The fourth-order valence-electron chi connectivity index (χ4n) is 1.20. The summed E-state index contributed by atoms with van der Waals surface area (Å²) < 4.78 is 4.60. The molecule has 1 saturated heterocycles. The highest BCUT2D eigenvalue weighted by Crippen LogP contribution is 2.12. The number of carbonyl (C=O) groups excluding carboxylic acids is 1. The largest absolute Gasteiger partial charge is 0.468 e. The zero-order valence-corrected chi connectivity index (χ0v) is 6.72. The van der Waals surface area contributed by atoms with Gasteiger partial charge in [0.05, 0.1) is 7.11 Å². The van der Waals surface area contributed by atoms with Gasteiger partial charge >= 0.3 is 5.97 Å². The molecule has 1 unspecified atom stereocenters. The summed E-state index contributed by atoms with van der Waals surface area (Å²) in [5.74, 6) is -0.189. The lowest BCUT2D eigenvalue weighted by molar-refractivity contribution is -0.143. The summed E-state index contributed by atoms with van der Waals surface area (Å²) in [4.78, 5) is 11.0. The van der Waals surface area contributed by atoms with Crippen molar-refractivity contribution >= 4 is 5.97 Å². The molecule has 62 valence electrons. The Morgan fingerprint density at radius 2 is 2.55 bits per heavy atom. The molecule has 0 bridgehead atoms. The summed E-state index contributed by atoms with van der Waals surface area (Å²) in [5, 5.41) is 3.06. The molecule has 0 aromatic rings. The minimum atomic E-state index is -0.189. The molecule has 1 aliphatic heterocycles. The maximum absolute atomic E-state index is 11.0. The van der Waals surface area contributed by atoms with Crippen molar-refractivity contribution in [2.75, 3.05) is 13.7 Å². The van der Waals surface area contributed by atoms with E-state index in [1.54, 1.807) is 0 Å². The van der Waals surface area contributed by atoms with Crippen molar-refractivity contribution < 1.29 is 9.53 Å². The highest BCUT2D eigenvalue weighted by Gasteiger charge is 2.22. The molecule has 3 nitrogen and oxygen atoms in total. The first-order chi connectivity index (χ1) is 5.24. The second kappa shape index (κ2) is 3.53. The van der Waals surface area contributed by atoms with E-state index in [9.17, 15) is 4.79 Å². The lowest BCUT2D eigenvalue weighted by Crippen LogP contribution is -2.41. The molecule has 0 aromatic heterocycles. The average molecular weight is 155 g/mol. The molecule has 3 heteroatoms. The van der Waals surface area contributed by atoms with Gasteiger partial charge in [0.25, 0.3) is 0 Å². The quantitative estimate of drug-likeness (QED) is 0.442. The van der Waals surface area contributed by atoms with E-state index in [1.165, 1.54) is 7.11 Å². The maximum atomic E-state index is 11.0. The molecule has 0 aromatic carbocycles. The Hall–Kier alpha value is -0.830. The second-order valence-corrected chi connectivity index (χ2v) is 2.73. The van der Waals surface area contributed by atoms with E-state index < -0.39 is 0 Å². The van der Waals surface area contributed by atoms with Gasteiger partial charge in [-0.1, -0.05) is 12.2 Å². The number of piperidine rings is 1. The molecule has 0 amide bonds. The molecule has 11 heavy (non-hydrogen) atoms. The third-order valence-corrected chi connectivity index (χ3v) is 1.85. The SMILES string of the molecule is C=C1CCNC(C(=O)OC)C1. The van der Waals surface area contributed by atoms with Gasteiger partial charge in [0.15, 0.2) is 0 Å². The number of methoxy groups -OCH3 is 1. The van der Waals surface area contributed by atoms with Crippen LogP contribution in [0.2, 0.25) is 0 Å². The molecule has 0 spiro atoms. The summed E-state index contributed by atoms with van der Waals surface area (Å²) in [6.45, 7) is 4.67. The monoisotopic (exact) mass is 155 g/mol. The second-order valence-electron chi connectivity index (χ2n) is 2.73. The van der Waals surface area contributed by atoms with Crippen molar-refractivity contribution in [3.8, 4) is 0 Å². The first-order valence-electron chi connectivity index (χ1n) is 3.72. The molecular weight excluding hydrogens is 142 g/mol. The Morgan fingerprint density at radius 3 is 3.09 bits per heavy atom. The van der Waals surface area contributed by atoms with Gasteiger partial charge in [0.2, 0.25) is 0 Å². The van der Waals surface area contributed by atoms with Crippen LogP contribution in [0.3, 0.4) is 0 Å². The van der Waals surface area contributed by atoms with Gasteiger partial charge in [-0.2, -0.15) is 0 Å². The number of hydrogen-bond donors (Lipinski definition) is 1. The van der Waals surface area contributed by atoms with Crippen molar-refractivity contribution in [1.29, 1.82) is 0 Å². The van der Waals surface area contributed by atoms with E-state index in [1.807, 2.05) is 0 Å². The molecule has 0 saturated carbocycles. The van der Waals surface area contributed by atoms with Crippen LogP contribution >= 0.6 is 0 Å². The Kier molecular flexibility index (Phi) is 2.65. The predicted octanol–water partition coefficient (Wildman–Crippen LogP) is 0.468. The molecule has 0 aliphatic carbocycles. The van der Waals surface area contributed by atoms with Crippen LogP contribution in [0.1, 0.15) is 12.8 Å². The Labute approximate surface area is 66.4 Å². The number of esters is 1. The smallest absolute Gasteiger partial charge is 0.323 e. The zero-order chi connectivity index (χ0) is 8.27. The summed E-state index contributed by atoms with van der Waals surface area (Å²) in [6.07, 6.45) is 1.68. The summed E-state index contributed by atoms with van der Waals surface area (Å²) >= 11 is 0. The number of nitrogens with one attached hydrogen (secondary N) is 1. The maximum Gasteiger partial charge on any atom is 0.323 e. The standard InChI is InChI=1S/C8H13NO2/c1-6-3-4-9-7(5-6)8(10)11-2/h7,9H,1,3-5H2,2H3. The molecule has 0 radical (unpaired) electrons. The zero-order valence-electron chi connectivity index (χ0n) is 6.72. The van der Waals surface area contributed by atoms with Crippen molar-refractivity contribution in [3.63, 3.8) is 0 Å². The minimum Gasteiger partial charge on any atom is -0.468 e. The van der Waals surface area contributed by atoms with Gasteiger partial charge < -0.3 is 10.1 Å². The van der Waals surface area contributed by atoms with Crippen LogP contribution in [-0.2, 0) is 9.53 Å². The summed E-state index contributed by atoms with van der Waals surface area (Å²) in [6, 6.07) is -0.166. The third kappa shape index (κ3) is 2.05. The fraction of sp³-hybridized carbons (Fsp3) is 0.625. The highest BCUT2D eigenvalue weighted by molar-refractivity contribution is 5.76. The number of hydrogen-bond acceptors (Lipinski definition) is 3. The Bertz CT molecular complexity index is 177. The van der Waals surface area contributed by atoms with Crippen LogP contribution in [0.25, 0.3) is 0 Å². The lowest BCUT2D eigenvalue weighted by Gasteiger charge is -2.22. The highest BCUT2D eigenvalue weighted by atomic mass is 16.5. The predicted molar refractivity (Wildman–Crippen MR) is 42.2 cm³/mol. The van der Waals surface area contributed by atoms with Gasteiger partial charge in [-0.25, -0.2) is 0 Å². The van der Waals surface area contributed by atoms with Crippen molar-refractivity contribution in [2.24, 2.45) is 0 Å². The van der Waals surface area contributed by atoms with Crippen LogP contribution in [0.15, 0.2) is 12.2 Å². The van der Waals surface area contributed by atoms with Gasteiger partial charge in [-0.15, -0.1) is 0 Å². The molecule has 1 N–H and O–H groups in total. The van der Waals surface area contributed by atoms with Crippen LogP contribution in [-0.4, -0.2) is 25.7 Å². The van der Waals surface area contributed by atoms with E-state index in [0.717, 1.165) is 18.5 Å². The lowest BCUT2D eigenvalue weighted by atomic mass is 10.0. The topological polar surface area (TPSA) is 38.3 Å². The van der Waals surface area contributed by atoms with E-state index in [-0.39, 0.29) is 12.0 Å². The van der Waals surface area contributed by atoms with E-state index >= 15 is 0 Å². The molecule has 1 rings (SSSR count). The van der Waals surface area contributed by atoms with E-state index in [2.05, 4.69) is 16.6 Å². The van der Waals surface area contributed by atoms with Crippen LogP contribution in [0, 0.1) is 0 Å². The van der Waals surface area contributed by atoms with Crippen molar-refractivity contribution in [1.82, 2.24) is 5.32 Å². The van der Waals surface area contributed by atoms with Crippen molar-refractivity contribution in [2.45, 2.75) is 18.9 Å².